The van der Waals surface area contributed by atoms with Gasteiger partial charge in [-0.15, -0.1) is 0 Å². The van der Waals surface area contributed by atoms with Crippen LogP contribution in [0, 0.1) is 46.3 Å². The van der Waals surface area contributed by atoms with E-state index in [0.717, 1.165) is 41.9 Å². The van der Waals surface area contributed by atoms with Gasteiger partial charge in [-0.05, 0) is 147 Å². The largest absolute Gasteiger partial charge is 0.382 e. The van der Waals surface area contributed by atoms with Gasteiger partial charge in [-0.1, -0.05) is 65.8 Å². The van der Waals surface area contributed by atoms with Gasteiger partial charge in [0.1, 0.15) is 0 Å². The molecule has 0 aromatic heterocycles. The van der Waals surface area contributed by atoms with E-state index in [9.17, 15) is 0 Å². The van der Waals surface area contributed by atoms with Gasteiger partial charge < -0.3 is 5.32 Å². The van der Waals surface area contributed by atoms with Crippen molar-refractivity contribution in [3.05, 3.63) is 41.5 Å². The maximum atomic E-state index is 4.07. The van der Waals surface area contributed by atoms with E-state index in [0.29, 0.717) is 16.9 Å². The molecule has 0 spiro atoms. The molecule has 5 rings (SSSR count). The molecule has 4 aliphatic rings. The van der Waals surface area contributed by atoms with Gasteiger partial charge in [-0.2, -0.15) is 0 Å². The highest BCUT2D eigenvalue weighted by atomic mass is 14.9. The third-order valence-corrected chi connectivity index (χ3v) is 12.7. The second-order valence-electron chi connectivity index (χ2n) is 15.5. The number of fused-ring (bicyclic) bond motifs is 5. The molecule has 0 radical (unpaired) electrons. The van der Waals surface area contributed by atoms with Crippen LogP contribution in [0.15, 0.2) is 30.3 Å². The summed E-state index contributed by atoms with van der Waals surface area (Å²) < 4.78 is 0. The molecule has 1 heteroatoms. The van der Waals surface area contributed by atoms with Crippen LogP contribution in [0.4, 0.5) is 0 Å². The first kappa shape index (κ1) is 27.3. The molecule has 1 aromatic carbocycles. The number of nitrogens with one attached hydrogen (secondary N) is 1. The summed E-state index contributed by atoms with van der Waals surface area (Å²) in [6.07, 6.45) is 16.9. The Bertz CT molecular complexity index is 984. The topological polar surface area (TPSA) is 12.0 Å². The summed E-state index contributed by atoms with van der Waals surface area (Å²) in [6, 6.07) is 9.83. The van der Waals surface area contributed by atoms with Gasteiger partial charge in [0.25, 0.3) is 0 Å². The van der Waals surface area contributed by atoms with Gasteiger partial charge in [-0.3, -0.25) is 0 Å². The van der Waals surface area contributed by atoms with E-state index in [1.54, 1.807) is 0 Å². The molecule has 8 atom stereocenters. The minimum Gasteiger partial charge on any atom is -0.382 e. The fraction of sp³-hybridized carbons (Fsp3) is 0.778. The van der Waals surface area contributed by atoms with Crippen LogP contribution in [0.5, 0.6) is 0 Å². The van der Waals surface area contributed by atoms with Crippen molar-refractivity contribution in [1.82, 2.24) is 5.32 Å². The normalized spacial score (nSPS) is 38.3. The maximum Gasteiger partial charge on any atom is 0.0372 e. The zero-order chi connectivity index (χ0) is 26.6. The third kappa shape index (κ3) is 4.96. The van der Waals surface area contributed by atoms with Crippen molar-refractivity contribution in [3.8, 4) is 0 Å². The Labute approximate surface area is 229 Å². The molecule has 0 heterocycles. The van der Waals surface area contributed by atoms with Gasteiger partial charge in [0, 0.05) is 11.7 Å². The standard InChI is InChI=1S/C36H57N/c1-9-33(25-12-11-13-27(22-25)35(6,7)10-2)37-24(3)31-16-17-32-30-15-14-26-23-34(4,5)20-18-28(26)29(30)19-21-36(31,32)8/h9,11-13,22,24,26,28-32,37H,10,14-21,23H2,1-8H3/t24?,26-,28+,29-,30-,31?,32+,36?/m1/s1. The molecule has 3 unspecified atom stereocenters. The minimum atomic E-state index is 0.221. The lowest BCUT2D eigenvalue weighted by atomic mass is 9.48. The first-order valence-corrected chi connectivity index (χ1v) is 16.0. The first-order valence-electron chi connectivity index (χ1n) is 16.0. The second-order valence-corrected chi connectivity index (χ2v) is 15.5. The van der Waals surface area contributed by atoms with Gasteiger partial charge >= 0.3 is 0 Å². The lowest BCUT2D eigenvalue weighted by Gasteiger charge is -2.57. The molecule has 1 nitrogen and oxygen atoms in total. The first-order chi connectivity index (χ1) is 17.5. The van der Waals surface area contributed by atoms with Crippen LogP contribution in [0.25, 0.3) is 5.70 Å². The smallest absolute Gasteiger partial charge is 0.0372 e. The van der Waals surface area contributed by atoms with E-state index in [1.807, 2.05) is 0 Å². The summed E-state index contributed by atoms with van der Waals surface area (Å²) in [5.41, 5.74) is 5.46. The molecule has 4 fully saturated rings. The molecular weight excluding hydrogens is 446 g/mol. The summed E-state index contributed by atoms with van der Waals surface area (Å²) in [5.74, 6) is 5.85. The van der Waals surface area contributed by atoms with Gasteiger partial charge in [-0.25, -0.2) is 0 Å². The van der Waals surface area contributed by atoms with Crippen molar-refractivity contribution in [2.45, 2.75) is 131 Å². The molecular formula is C36H57N. The van der Waals surface area contributed by atoms with E-state index >= 15 is 0 Å². The van der Waals surface area contributed by atoms with Gasteiger partial charge in [0.2, 0.25) is 0 Å². The Morgan fingerprint density at radius 2 is 1.76 bits per heavy atom. The Hall–Kier alpha value is -1.24. The van der Waals surface area contributed by atoms with E-state index in [-0.39, 0.29) is 5.41 Å². The molecule has 206 valence electrons. The minimum absolute atomic E-state index is 0.221. The molecule has 1 aromatic rings. The van der Waals surface area contributed by atoms with Crippen molar-refractivity contribution in [3.63, 3.8) is 0 Å². The monoisotopic (exact) mass is 503 g/mol. The summed E-state index contributed by atoms with van der Waals surface area (Å²) in [7, 11) is 0. The number of hydrogen-bond acceptors (Lipinski definition) is 1. The predicted octanol–water partition coefficient (Wildman–Crippen LogP) is 10.0. The average Bonchev–Trinajstić information content (AvgIpc) is 3.23. The van der Waals surface area contributed by atoms with Gasteiger partial charge in [0.05, 0.1) is 0 Å². The number of allylic oxidation sites excluding steroid dienone is 1. The molecule has 4 aliphatic carbocycles. The van der Waals surface area contributed by atoms with E-state index < -0.39 is 0 Å². The maximum absolute atomic E-state index is 4.07. The summed E-state index contributed by atoms with van der Waals surface area (Å²) >= 11 is 0. The van der Waals surface area contributed by atoms with Crippen LogP contribution >= 0.6 is 0 Å². The molecule has 0 amide bonds. The molecule has 0 aliphatic heterocycles. The van der Waals surface area contributed by atoms with Crippen molar-refractivity contribution >= 4 is 5.70 Å². The molecule has 4 saturated carbocycles. The van der Waals surface area contributed by atoms with Crippen molar-refractivity contribution in [1.29, 1.82) is 0 Å². The lowest BCUT2D eigenvalue weighted by Crippen LogP contribution is -2.51. The quantitative estimate of drug-likeness (QED) is 0.407. The highest BCUT2D eigenvalue weighted by molar-refractivity contribution is 5.64. The van der Waals surface area contributed by atoms with E-state index in [1.165, 1.54) is 74.6 Å². The van der Waals surface area contributed by atoms with Crippen LogP contribution in [0.2, 0.25) is 0 Å². The van der Waals surface area contributed by atoms with Crippen LogP contribution in [0.1, 0.15) is 131 Å². The van der Waals surface area contributed by atoms with Crippen LogP contribution < -0.4 is 5.32 Å². The van der Waals surface area contributed by atoms with E-state index in [2.05, 4.69) is 91.0 Å². The zero-order valence-electron chi connectivity index (χ0n) is 25.5. The van der Waals surface area contributed by atoms with Crippen molar-refractivity contribution in [2.24, 2.45) is 46.3 Å². The van der Waals surface area contributed by atoms with E-state index in [4.69, 9.17) is 0 Å². The fourth-order valence-corrected chi connectivity index (χ4v) is 10.2. The Kier molecular flexibility index (Phi) is 7.43. The highest BCUT2D eigenvalue weighted by Gasteiger charge is 2.58. The van der Waals surface area contributed by atoms with Crippen LogP contribution in [-0.4, -0.2) is 6.04 Å². The predicted molar refractivity (Wildman–Crippen MR) is 160 cm³/mol. The molecule has 1 N–H and O–H groups in total. The summed E-state index contributed by atoms with van der Waals surface area (Å²) in [5, 5.41) is 4.07. The molecule has 0 saturated heterocycles. The van der Waals surface area contributed by atoms with Crippen molar-refractivity contribution < 1.29 is 0 Å². The number of rotatable bonds is 6. The highest BCUT2D eigenvalue weighted by Crippen LogP contribution is 2.65. The summed E-state index contributed by atoms with van der Waals surface area (Å²) in [6.45, 7) is 19.5. The molecule has 0 bridgehead atoms. The fourth-order valence-electron chi connectivity index (χ4n) is 10.2. The Balaban J connectivity index is 1.29. The van der Waals surface area contributed by atoms with Crippen LogP contribution in [0.3, 0.4) is 0 Å². The Morgan fingerprint density at radius 1 is 1.00 bits per heavy atom. The van der Waals surface area contributed by atoms with Gasteiger partial charge in [0.15, 0.2) is 0 Å². The number of benzene rings is 1. The van der Waals surface area contributed by atoms with Crippen LogP contribution in [-0.2, 0) is 5.41 Å². The number of hydrogen-bond donors (Lipinski definition) is 1. The third-order valence-electron chi connectivity index (χ3n) is 12.7. The average molecular weight is 504 g/mol. The summed E-state index contributed by atoms with van der Waals surface area (Å²) in [4.78, 5) is 0. The Morgan fingerprint density at radius 3 is 2.49 bits per heavy atom. The SMILES string of the molecule is CC=C(NC(C)C1CC[C@H]2[C@@H]3CC[C@@H]4CC(C)(C)CC[C@@H]4[C@H]3CCC12C)c1cccc(C(C)(C)CC)c1. The van der Waals surface area contributed by atoms with Crippen molar-refractivity contribution in [2.75, 3.05) is 0 Å². The molecule has 37 heavy (non-hydrogen) atoms. The zero-order valence-corrected chi connectivity index (χ0v) is 25.5. The second kappa shape index (κ2) is 10.1. The lowest BCUT2D eigenvalue weighted by molar-refractivity contribution is -0.0780.